The number of amides is 4. The molecule has 0 radical (unpaired) electrons. The van der Waals surface area contributed by atoms with E-state index in [1.807, 2.05) is 60.7 Å². The van der Waals surface area contributed by atoms with E-state index >= 15 is 0 Å². The molecule has 252 valence electrons. The molecule has 3 aliphatic rings. The fraction of sp³-hybridized carbons (Fsp3) is 0.469. The van der Waals surface area contributed by atoms with E-state index in [0.717, 1.165) is 24.1 Å². The second-order valence-electron chi connectivity index (χ2n) is 11.2. The van der Waals surface area contributed by atoms with Crippen LogP contribution in [0, 0.1) is 0 Å². The summed E-state index contributed by atoms with van der Waals surface area (Å²) in [6.45, 7) is 2.42. The number of benzene rings is 2. The van der Waals surface area contributed by atoms with Crippen LogP contribution in [-0.2, 0) is 37.1 Å². The summed E-state index contributed by atoms with van der Waals surface area (Å²) in [4.78, 5) is 62.8. The molecule has 0 saturated carbocycles. The lowest BCUT2D eigenvalue weighted by Crippen LogP contribution is -2.58. The number of hydrogen-bond acceptors (Lipinski definition) is 8. The molecule has 3 saturated heterocycles. The van der Waals surface area contributed by atoms with Crippen molar-refractivity contribution in [2.24, 2.45) is 0 Å². The first-order chi connectivity index (χ1) is 21.5. The van der Waals surface area contributed by atoms with Crippen LogP contribution >= 0.6 is 12.4 Å². The van der Waals surface area contributed by atoms with Crippen molar-refractivity contribution in [3.05, 3.63) is 71.8 Å². The number of likely N-dealkylation sites (tertiary alicyclic amines) is 2. The van der Waals surface area contributed by atoms with E-state index in [9.17, 15) is 24.0 Å². The molecule has 4 amide bonds. The Bertz CT molecular complexity index is 1290. The van der Waals surface area contributed by atoms with Crippen molar-refractivity contribution in [3.8, 4) is 0 Å². The van der Waals surface area contributed by atoms with Crippen LogP contribution in [0.15, 0.2) is 60.7 Å². The minimum absolute atomic E-state index is 0. The van der Waals surface area contributed by atoms with E-state index in [4.69, 9.17) is 14.6 Å². The van der Waals surface area contributed by atoms with Gasteiger partial charge in [0, 0.05) is 41.3 Å². The number of carbonyl (C=O) groups is 5. The minimum Gasteiger partial charge on any atom is -0.480 e. The summed E-state index contributed by atoms with van der Waals surface area (Å²) in [5, 5.41) is 11.8. The first-order valence-electron chi connectivity index (χ1n) is 14.8. The Morgan fingerprint density at radius 1 is 0.717 bits per heavy atom. The predicted molar refractivity (Wildman–Crippen MR) is 172 cm³/mol. The minimum atomic E-state index is -0.979. The van der Waals surface area contributed by atoms with Gasteiger partial charge in [-0.1, -0.05) is 60.7 Å². The highest BCUT2D eigenvalue weighted by Gasteiger charge is 2.40. The second kappa shape index (κ2) is 18.6. The van der Waals surface area contributed by atoms with Crippen molar-refractivity contribution < 1.29 is 38.6 Å². The molecule has 0 bridgehead atoms. The first kappa shape index (κ1) is 37.8. The zero-order chi connectivity index (χ0) is 32.9. The molecular formula is C32H44ClN5O8. The normalized spacial score (nSPS) is 18.9. The Balaban J connectivity index is 0.000000251. The van der Waals surface area contributed by atoms with Gasteiger partial charge in [0.1, 0.15) is 25.3 Å². The molecule has 2 aromatic carbocycles. The van der Waals surface area contributed by atoms with Crippen LogP contribution < -0.4 is 5.32 Å². The molecule has 0 unspecified atom stereocenters. The molecule has 0 aromatic heterocycles. The molecular weight excluding hydrogens is 618 g/mol. The molecule has 3 aliphatic heterocycles. The van der Waals surface area contributed by atoms with Crippen LogP contribution in [0.2, 0.25) is 0 Å². The number of likely N-dealkylation sites (N-methyl/N-ethyl adjacent to an activating group) is 2. The van der Waals surface area contributed by atoms with Gasteiger partial charge in [-0.25, -0.2) is 14.4 Å². The fourth-order valence-corrected chi connectivity index (χ4v) is 4.44. The van der Waals surface area contributed by atoms with Crippen molar-refractivity contribution in [1.82, 2.24) is 24.9 Å². The number of carboxylic acid groups (broad SMARTS) is 1. The summed E-state index contributed by atoms with van der Waals surface area (Å²) < 4.78 is 10.2. The highest BCUT2D eigenvalue weighted by Crippen LogP contribution is 2.21. The molecule has 0 aliphatic carbocycles. The number of carboxylic acids is 1. The van der Waals surface area contributed by atoms with E-state index in [0.29, 0.717) is 25.9 Å². The van der Waals surface area contributed by atoms with Crippen molar-refractivity contribution in [2.75, 3.05) is 47.8 Å². The predicted octanol–water partition coefficient (Wildman–Crippen LogP) is 2.83. The van der Waals surface area contributed by atoms with Crippen molar-refractivity contribution in [3.63, 3.8) is 0 Å². The Kier molecular flexibility index (Phi) is 15.3. The van der Waals surface area contributed by atoms with Gasteiger partial charge >= 0.3 is 18.2 Å². The van der Waals surface area contributed by atoms with E-state index < -0.39 is 24.2 Å². The van der Waals surface area contributed by atoms with Crippen molar-refractivity contribution in [2.45, 2.75) is 50.6 Å². The summed E-state index contributed by atoms with van der Waals surface area (Å²) in [5.41, 5.74) is 1.82. The number of aliphatic carboxylic acids is 1. The summed E-state index contributed by atoms with van der Waals surface area (Å²) >= 11 is 0. The maximum absolute atomic E-state index is 11.9. The van der Waals surface area contributed by atoms with Crippen LogP contribution in [0.3, 0.4) is 0 Å². The Hall–Kier alpha value is -4.36. The largest absolute Gasteiger partial charge is 0.480 e. The average molecular weight is 662 g/mol. The second-order valence-corrected chi connectivity index (χ2v) is 11.2. The van der Waals surface area contributed by atoms with Gasteiger partial charge in [0.2, 0.25) is 11.8 Å². The Morgan fingerprint density at radius 3 is 1.41 bits per heavy atom. The zero-order valence-electron chi connectivity index (χ0n) is 26.7. The number of rotatable bonds is 7. The van der Waals surface area contributed by atoms with E-state index in [2.05, 4.69) is 5.32 Å². The number of carbonyl (C=O) groups excluding carboxylic acids is 4. The van der Waals surface area contributed by atoms with Crippen molar-refractivity contribution >= 4 is 42.4 Å². The summed E-state index contributed by atoms with van der Waals surface area (Å²) in [5.74, 6) is -0.836. The third-order valence-corrected chi connectivity index (χ3v) is 7.49. The van der Waals surface area contributed by atoms with Gasteiger partial charge in [0.05, 0.1) is 6.04 Å². The smallest absolute Gasteiger partial charge is 0.410 e. The van der Waals surface area contributed by atoms with Gasteiger partial charge in [0.15, 0.2) is 0 Å². The first-order valence-corrected chi connectivity index (χ1v) is 14.8. The quantitative estimate of drug-likeness (QED) is 0.457. The van der Waals surface area contributed by atoms with Gasteiger partial charge in [-0.05, 0) is 36.9 Å². The maximum atomic E-state index is 11.9. The lowest BCUT2D eigenvalue weighted by Gasteiger charge is -2.39. The maximum Gasteiger partial charge on any atom is 0.410 e. The number of ether oxygens (including phenoxy) is 2. The molecule has 2 N–H and O–H groups in total. The standard InChI is InChI=1S/C14H18N2O3.C12H13NO4.C6H12N2O.ClH/c1-15(2)13(17)12-8-9-16(12)14(18)19-10-11-6-4-3-5-7-11;14-11(15)10-6-7-13(10)12(16)17-8-9-4-2-1-3-5-9;1-8(2)6(9)5-3-4-7-5;/h3-7,12H,8-10H2,1-2H3;1-5,10H,6-8H2,(H,14,15);5,7H,3-4H2,1-2H3;1H/t12-;10-;5-;/m000./s1. The number of nitrogens with one attached hydrogen (secondary N) is 1. The number of halogens is 1. The van der Waals surface area contributed by atoms with Gasteiger partial charge in [0.25, 0.3) is 0 Å². The third-order valence-electron chi connectivity index (χ3n) is 7.49. The molecule has 46 heavy (non-hydrogen) atoms. The summed E-state index contributed by atoms with van der Waals surface area (Å²) in [7, 11) is 6.94. The average Bonchev–Trinajstić information content (AvgIpc) is 2.94. The molecule has 13 nitrogen and oxygen atoms in total. The fourth-order valence-electron chi connectivity index (χ4n) is 4.44. The highest BCUT2D eigenvalue weighted by atomic mass is 35.5. The SMILES string of the molecule is CN(C)C(=O)[C@@H]1CCN1.CN(C)C(=O)[C@@H]1CCN1C(=O)OCc1ccccc1.Cl.O=C(O)[C@@H]1CCN1C(=O)OCc1ccccc1. The van der Waals surface area contributed by atoms with Gasteiger partial charge < -0.3 is 29.7 Å². The molecule has 0 spiro atoms. The van der Waals surface area contributed by atoms with Crippen molar-refractivity contribution in [1.29, 1.82) is 0 Å². The zero-order valence-corrected chi connectivity index (χ0v) is 27.5. The molecule has 5 rings (SSSR count). The summed E-state index contributed by atoms with van der Waals surface area (Å²) in [6, 6.07) is 17.8. The highest BCUT2D eigenvalue weighted by molar-refractivity contribution is 5.87. The molecule has 3 heterocycles. The topological polar surface area (TPSA) is 149 Å². The molecule has 14 heteroatoms. The lowest BCUT2D eigenvalue weighted by molar-refractivity contribution is -0.147. The number of nitrogens with zero attached hydrogens (tertiary/aromatic N) is 4. The molecule has 3 fully saturated rings. The van der Waals surface area contributed by atoms with Crippen LogP contribution in [0.25, 0.3) is 0 Å². The third kappa shape index (κ3) is 10.9. The van der Waals surface area contributed by atoms with Gasteiger partial charge in [-0.2, -0.15) is 0 Å². The molecule has 3 atom stereocenters. The Morgan fingerprint density at radius 2 is 1.13 bits per heavy atom. The number of hydrogen-bond donors (Lipinski definition) is 2. The lowest BCUT2D eigenvalue weighted by atomic mass is 10.0. The van der Waals surface area contributed by atoms with Gasteiger partial charge in [-0.15, -0.1) is 12.4 Å². The Labute approximate surface area is 275 Å². The van der Waals surface area contributed by atoms with E-state index in [-0.39, 0.29) is 49.5 Å². The van der Waals surface area contributed by atoms with Gasteiger partial charge in [-0.3, -0.25) is 19.4 Å². The molecule has 2 aromatic rings. The van der Waals surface area contributed by atoms with Crippen LogP contribution in [0.1, 0.15) is 30.4 Å². The summed E-state index contributed by atoms with van der Waals surface area (Å²) in [6.07, 6.45) is 1.22. The van der Waals surface area contributed by atoms with E-state index in [1.165, 1.54) is 14.7 Å². The monoisotopic (exact) mass is 661 g/mol. The van der Waals surface area contributed by atoms with Crippen LogP contribution in [-0.4, -0.2) is 121 Å². The van der Waals surface area contributed by atoms with Crippen LogP contribution in [0.5, 0.6) is 0 Å². The van der Waals surface area contributed by atoms with Crippen LogP contribution in [0.4, 0.5) is 9.59 Å². The van der Waals surface area contributed by atoms with E-state index in [1.54, 1.807) is 33.1 Å².